The first-order valence-electron chi connectivity index (χ1n) is 2.31. The summed E-state index contributed by atoms with van der Waals surface area (Å²) in [5, 5.41) is 15.4. The number of hydrogen-bond donors (Lipinski definition) is 4. The van der Waals surface area contributed by atoms with Gasteiger partial charge in [0.15, 0.2) is 11.8 Å². The lowest BCUT2D eigenvalue weighted by molar-refractivity contribution is 1.09. The Morgan fingerprint density at radius 1 is 2.00 bits per heavy atom. The SMILES string of the molecule is N=C(N)Nc1[c]c[nH]n1. The van der Waals surface area contributed by atoms with Crippen LogP contribution in [0, 0.1) is 11.5 Å². The van der Waals surface area contributed by atoms with Gasteiger partial charge in [-0.25, -0.2) is 0 Å². The molecule has 1 radical (unpaired) electrons. The molecule has 0 aliphatic heterocycles. The van der Waals surface area contributed by atoms with Crippen LogP contribution in [0.2, 0.25) is 0 Å². The summed E-state index contributed by atoms with van der Waals surface area (Å²) < 4.78 is 0. The van der Waals surface area contributed by atoms with Crippen LogP contribution < -0.4 is 11.1 Å². The maximum atomic E-state index is 6.76. The van der Waals surface area contributed by atoms with E-state index in [1.165, 1.54) is 6.20 Å². The van der Waals surface area contributed by atoms with Crippen molar-refractivity contribution in [2.75, 3.05) is 5.32 Å². The fourth-order valence-corrected chi connectivity index (χ4v) is 0.421. The van der Waals surface area contributed by atoms with E-state index in [-0.39, 0.29) is 5.96 Å². The lowest BCUT2D eigenvalue weighted by atomic mass is 10.6. The molecule has 1 aromatic heterocycles. The highest BCUT2D eigenvalue weighted by molar-refractivity contribution is 5.88. The van der Waals surface area contributed by atoms with Gasteiger partial charge in [0.1, 0.15) is 0 Å². The highest BCUT2D eigenvalue weighted by Crippen LogP contribution is 1.93. The maximum absolute atomic E-state index is 6.76. The first-order valence-corrected chi connectivity index (χ1v) is 2.31. The standard InChI is InChI=1S/C4H6N5/c5-4(6)8-3-1-2-7-9-3/h2H,(H5,5,6,7,8,9). The molecule has 1 heterocycles. The Bertz CT molecular complexity index is 189. The van der Waals surface area contributed by atoms with E-state index in [1.54, 1.807) is 0 Å². The van der Waals surface area contributed by atoms with Crippen LogP contribution in [0.4, 0.5) is 5.82 Å². The number of nitrogens with two attached hydrogens (primary N) is 1. The quantitative estimate of drug-likeness (QED) is 0.301. The third kappa shape index (κ3) is 1.45. The second-order valence-electron chi connectivity index (χ2n) is 1.42. The van der Waals surface area contributed by atoms with Gasteiger partial charge in [-0.05, 0) is 0 Å². The van der Waals surface area contributed by atoms with Crippen molar-refractivity contribution in [1.29, 1.82) is 5.41 Å². The lowest BCUT2D eigenvalue weighted by Gasteiger charge is -1.94. The number of nitrogens with one attached hydrogen (secondary N) is 3. The van der Waals surface area contributed by atoms with Crippen LogP contribution in [-0.2, 0) is 0 Å². The van der Waals surface area contributed by atoms with E-state index in [9.17, 15) is 0 Å². The van der Waals surface area contributed by atoms with E-state index < -0.39 is 0 Å². The summed E-state index contributed by atoms with van der Waals surface area (Å²) in [6, 6.07) is 2.67. The topological polar surface area (TPSA) is 90.6 Å². The molecule has 0 unspecified atom stereocenters. The fourth-order valence-electron chi connectivity index (χ4n) is 0.421. The van der Waals surface area contributed by atoms with Crippen molar-refractivity contribution in [2.24, 2.45) is 5.73 Å². The summed E-state index contributed by atoms with van der Waals surface area (Å²) in [6.07, 6.45) is 1.52. The number of nitrogens with zero attached hydrogens (tertiary/aromatic N) is 1. The molecule has 0 atom stereocenters. The summed E-state index contributed by atoms with van der Waals surface area (Å²) in [6.45, 7) is 0. The largest absolute Gasteiger partial charge is 0.370 e. The molecule has 0 fully saturated rings. The summed E-state index contributed by atoms with van der Waals surface area (Å²) in [5.41, 5.74) is 4.98. The molecule has 0 aromatic carbocycles. The number of aromatic amines is 1. The number of rotatable bonds is 1. The predicted molar refractivity (Wildman–Crippen MR) is 33.0 cm³/mol. The second kappa shape index (κ2) is 2.17. The zero-order valence-corrected chi connectivity index (χ0v) is 4.60. The molecule has 0 aliphatic rings. The normalized spacial score (nSPS) is 8.89. The van der Waals surface area contributed by atoms with Crippen molar-refractivity contribution in [2.45, 2.75) is 0 Å². The molecule has 0 saturated heterocycles. The fraction of sp³-hybridized carbons (Fsp3) is 0. The van der Waals surface area contributed by atoms with Crippen LogP contribution in [0.15, 0.2) is 6.20 Å². The Kier molecular flexibility index (Phi) is 1.35. The number of H-pyrrole nitrogens is 1. The first-order chi connectivity index (χ1) is 4.29. The maximum Gasteiger partial charge on any atom is 0.191 e. The molecule has 1 rings (SSSR count). The zero-order chi connectivity index (χ0) is 6.69. The summed E-state index contributed by atoms with van der Waals surface area (Å²) in [5.74, 6) is 0.292. The van der Waals surface area contributed by atoms with Crippen LogP contribution >= 0.6 is 0 Å². The van der Waals surface area contributed by atoms with Crippen LogP contribution in [0.25, 0.3) is 0 Å². The molecule has 5 heteroatoms. The van der Waals surface area contributed by atoms with Crippen LogP contribution in [-0.4, -0.2) is 16.2 Å². The van der Waals surface area contributed by atoms with Crippen LogP contribution in [0.3, 0.4) is 0 Å². The first kappa shape index (κ1) is 5.61. The number of guanidine groups is 1. The average Bonchev–Trinajstić information content (AvgIpc) is 2.15. The Labute approximate surface area is 51.8 Å². The minimum atomic E-state index is -0.140. The number of aromatic nitrogens is 2. The van der Waals surface area contributed by atoms with Crippen molar-refractivity contribution in [3.8, 4) is 0 Å². The summed E-state index contributed by atoms with van der Waals surface area (Å²) in [4.78, 5) is 0. The zero-order valence-electron chi connectivity index (χ0n) is 4.60. The van der Waals surface area contributed by atoms with Crippen molar-refractivity contribution in [3.05, 3.63) is 12.3 Å². The van der Waals surface area contributed by atoms with Crippen molar-refractivity contribution in [3.63, 3.8) is 0 Å². The van der Waals surface area contributed by atoms with Crippen LogP contribution in [0.5, 0.6) is 0 Å². The van der Waals surface area contributed by atoms with Gasteiger partial charge in [0.2, 0.25) is 0 Å². The van der Waals surface area contributed by atoms with Crippen molar-refractivity contribution >= 4 is 11.8 Å². The summed E-state index contributed by atoms with van der Waals surface area (Å²) >= 11 is 0. The highest BCUT2D eigenvalue weighted by Gasteiger charge is 1.91. The van der Waals surface area contributed by atoms with E-state index in [4.69, 9.17) is 11.1 Å². The molecule has 0 spiro atoms. The van der Waals surface area contributed by atoms with E-state index >= 15 is 0 Å². The van der Waals surface area contributed by atoms with Crippen molar-refractivity contribution in [1.82, 2.24) is 10.2 Å². The number of hydrogen-bond acceptors (Lipinski definition) is 2. The third-order valence-corrected chi connectivity index (χ3v) is 0.703. The smallest absolute Gasteiger partial charge is 0.191 e. The molecule has 0 aliphatic carbocycles. The second-order valence-corrected chi connectivity index (χ2v) is 1.42. The minimum Gasteiger partial charge on any atom is -0.370 e. The van der Waals surface area contributed by atoms with Gasteiger partial charge in [0, 0.05) is 12.3 Å². The van der Waals surface area contributed by atoms with E-state index in [0.717, 1.165) is 0 Å². The molecule has 1 aromatic rings. The number of anilines is 1. The molecule has 5 N–H and O–H groups in total. The van der Waals surface area contributed by atoms with Crippen LogP contribution in [0.1, 0.15) is 0 Å². The monoisotopic (exact) mass is 124 g/mol. The Balaban J connectivity index is 2.58. The molecule has 9 heavy (non-hydrogen) atoms. The Morgan fingerprint density at radius 2 is 2.78 bits per heavy atom. The molecule has 0 saturated carbocycles. The van der Waals surface area contributed by atoms with Gasteiger partial charge in [-0.2, -0.15) is 5.10 Å². The van der Waals surface area contributed by atoms with Gasteiger partial charge < -0.3 is 11.1 Å². The van der Waals surface area contributed by atoms with Gasteiger partial charge in [-0.1, -0.05) is 0 Å². The van der Waals surface area contributed by atoms with E-state index in [0.29, 0.717) is 5.82 Å². The van der Waals surface area contributed by atoms with E-state index in [1.807, 2.05) is 0 Å². The minimum absolute atomic E-state index is 0.140. The Hall–Kier alpha value is -1.52. The van der Waals surface area contributed by atoms with E-state index in [2.05, 4.69) is 21.6 Å². The molecule has 5 nitrogen and oxygen atoms in total. The summed E-state index contributed by atoms with van der Waals surface area (Å²) in [7, 11) is 0. The van der Waals surface area contributed by atoms with Gasteiger partial charge in [-0.3, -0.25) is 10.5 Å². The average molecular weight is 124 g/mol. The van der Waals surface area contributed by atoms with Gasteiger partial charge in [0.25, 0.3) is 0 Å². The predicted octanol–water partition coefficient (Wildman–Crippen LogP) is -0.485. The van der Waals surface area contributed by atoms with Gasteiger partial charge in [-0.15, -0.1) is 0 Å². The lowest BCUT2D eigenvalue weighted by Crippen LogP contribution is -2.20. The Morgan fingerprint density at radius 3 is 3.22 bits per heavy atom. The highest BCUT2D eigenvalue weighted by atomic mass is 15.2. The van der Waals surface area contributed by atoms with Gasteiger partial charge in [0.05, 0.1) is 0 Å². The van der Waals surface area contributed by atoms with Crippen molar-refractivity contribution < 1.29 is 0 Å². The third-order valence-electron chi connectivity index (χ3n) is 0.703. The molecular weight excluding hydrogens is 118 g/mol. The molecular formula is C4H6N5. The molecule has 47 valence electrons. The molecule has 0 bridgehead atoms. The van der Waals surface area contributed by atoms with Gasteiger partial charge >= 0.3 is 0 Å². The molecule has 0 amide bonds.